The van der Waals surface area contributed by atoms with Gasteiger partial charge in [0.05, 0.1) is 11.9 Å². The first kappa shape index (κ1) is 13.5. The summed E-state index contributed by atoms with van der Waals surface area (Å²) in [5.74, 6) is -2.84. The number of carboxylic acids is 1. The second-order valence-electron chi connectivity index (χ2n) is 4.15. The normalized spacial score (nSPS) is 12.0. The van der Waals surface area contributed by atoms with Crippen molar-refractivity contribution in [2.24, 2.45) is 5.73 Å². The molecule has 0 aliphatic carbocycles. The van der Waals surface area contributed by atoms with Crippen molar-refractivity contribution in [2.45, 2.75) is 12.5 Å². The number of nitrogens with zero attached hydrogens (tertiary/aromatic N) is 1. The van der Waals surface area contributed by atoms with E-state index in [1.165, 1.54) is 0 Å². The number of carbonyl (C=O) groups excluding carboxylic acids is 2. The van der Waals surface area contributed by atoms with Crippen molar-refractivity contribution in [2.75, 3.05) is 0 Å². The van der Waals surface area contributed by atoms with Crippen molar-refractivity contribution in [1.29, 1.82) is 0 Å². The third-order valence-electron chi connectivity index (χ3n) is 2.69. The van der Waals surface area contributed by atoms with Crippen LogP contribution in [-0.4, -0.2) is 39.1 Å². The van der Waals surface area contributed by atoms with Crippen LogP contribution in [-0.2, 0) is 9.59 Å². The van der Waals surface area contributed by atoms with E-state index in [9.17, 15) is 14.4 Å². The molecule has 2 rings (SSSR count). The van der Waals surface area contributed by atoms with Crippen molar-refractivity contribution < 1.29 is 19.5 Å². The van der Waals surface area contributed by atoms with Gasteiger partial charge in [0.15, 0.2) is 5.69 Å². The van der Waals surface area contributed by atoms with Crippen molar-refractivity contribution in [1.82, 2.24) is 15.5 Å². The zero-order valence-corrected chi connectivity index (χ0v) is 10.3. The fraction of sp³-hybridized carbons (Fsp3) is 0.167. The Balaban J connectivity index is 2.22. The number of fused-ring (bicyclic) bond motifs is 1. The standard InChI is InChI=1S/C12H12N4O4/c13-9(17)5-8(12(19)20)14-11(18)10-6-3-1-2-4-7(6)15-16-10/h1-4,8H,5H2,(H2,13,17)(H,14,18)(H,15,16)(H,19,20). The number of hydrogen-bond acceptors (Lipinski definition) is 4. The highest BCUT2D eigenvalue weighted by molar-refractivity contribution is 6.05. The average molecular weight is 276 g/mol. The quantitative estimate of drug-likeness (QED) is 0.589. The highest BCUT2D eigenvalue weighted by atomic mass is 16.4. The number of hydrogen-bond donors (Lipinski definition) is 4. The van der Waals surface area contributed by atoms with Gasteiger partial charge in [-0.1, -0.05) is 18.2 Å². The molecule has 1 aromatic heterocycles. The van der Waals surface area contributed by atoms with E-state index in [0.29, 0.717) is 10.9 Å². The Morgan fingerprint density at radius 3 is 2.70 bits per heavy atom. The van der Waals surface area contributed by atoms with Gasteiger partial charge in [-0.2, -0.15) is 5.10 Å². The Morgan fingerprint density at radius 2 is 2.05 bits per heavy atom. The maximum Gasteiger partial charge on any atom is 0.326 e. The van der Waals surface area contributed by atoms with Crippen molar-refractivity contribution in [3.05, 3.63) is 30.0 Å². The molecule has 0 radical (unpaired) electrons. The predicted molar refractivity (Wildman–Crippen MR) is 68.8 cm³/mol. The SMILES string of the molecule is NC(=O)CC(NC(=O)c1n[nH]c2ccccc12)C(=O)O. The van der Waals surface area contributed by atoms with Crippen LogP contribution in [0.5, 0.6) is 0 Å². The number of benzene rings is 1. The van der Waals surface area contributed by atoms with Gasteiger partial charge in [-0.3, -0.25) is 14.7 Å². The molecule has 104 valence electrons. The minimum atomic E-state index is -1.38. The highest BCUT2D eigenvalue weighted by Crippen LogP contribution is 2.15. The molecule has 2 amide bonds. The summed E-state index contributed by atoms with van der Waals surface area (Å²) in [5.41, 5.74) is 5.66. The molecule has 0 saturated carbocycles. The number of rotatable bonds is 5. The number of aromatic nitrogens is 2. The minimum absolute atomic E-state index is 0.0660. The molecule has 0 fully saturated rings. The first-order chi connectivity index (χ1) is 9.49. The molecule has 1 atom stereocenters. The van der Waals surface area contributed by atoms with Crippen LogP contribution in [0, 0.1) is 0 Å². The summed E-state index contributed by atoms with van der Waals surface area (Å²) >= 11 is 0. The van der Waals surface area contributed by atoms with Crippen LogP contribution >= 0.6 is 0 Å². The summed E-state index contributed by atoms with van der Waals surface area (Å²) in [6, 6.07) is 5.53. The molecule has 5 N–H and O–H groups in total. The topological polar surface area (TPSA) is 138 Å². The van der Waals surface area contributed by atoms with E-state index >= 15 is 0 Å². The second kappa shape index (κ2) is 5.39. The monoisotopic (exact) mass is 276 g/mol. The minimum Gasteiger partial charge on any atom is -0.480 e. The van der Waals surface area contributed by atoms with Crippen LogP contribution in [0.2, 0.25) is 0 Å². The van der Waals surface area contributed by atoms with Gasteiger partial charge in [-0.15, -0.1) is 0 Å². The van der Waals surface area contributed by atoms with Gasteiger partial charge in [-0.05, 0) is 6.07 Å². The number of aliphatic carboxylic acids is 1. The molecule has 0 aliphatic heterocycles. The number of para-hydroxylation sites is 1. The molecule has 1 unspecified atom stereocenters. The third-order valence-corrected chi connectivity index (χ3v) is 2.69. The van der Waals surface area contributed by atoms with E-state index in [1.54, 1.807) is 24.3 Å². The van der Waals surface area contributed by atoms with E-state index < -0.39 is 30.2 Å². The molecule has 1 aromatic carbocycles. The number of nitrogens with one attached hydrogen (secondary N) is 2. The molecule has 20 heavy (non-hydrogen) atoms. The highest BCUT2D eigenvalue weighted by Gasteiger charge is 2.24. The van der Waals surface area contributed by atoms with Gasteiger partial charge in [0, 0.05) is 5.39 Å². The Morgan fingerprint density at radius 1 is 1.35 bits per heavy atom. The largest absolute Gasteiger partial charge is 0.480 e. The number of amides is 2. The second-order valence-corrected chi connectivity index (χ2v) is 4.15. The molecule has 0 spiro atoms. The molecule has 8 nitrogen and oxygen atoms in total. The lowest BCUT2D eigenvalue weighted by molar-refractivity contribution is -0.140. The van der Waals surface area contributed by atoms with E-state index in [1.807, 2.05) is 0 Å². The lowest BCUT2D eigenvalue weighted by Gasteiger charge is -2.11. The van der Waals surface area contributed by atoms with Gasteiger partial charge < -0.3 is 16.2 Å². The van der Waals surface area contributed by atoms with E-state index in [-0.39, 0.29) is 5.69 Å². The third kappa shape index (κ3) is 2.74. The summed E-state index contributed by atoms with van der Waals surface area (Å²) in [7, 11) is 0. The predicted octanol–water partition coefficient (Wildman–Crippen LogP) is -0.379. The molecular formula is C12H12N4O4. The Bertz CT molecular complexity index is 679. The molecule has 2 aromatic rings. The van der Waals surface area contributed by atoms with Crippen molar-refractivity contribution in [3.8, 4) is 0 Å². The molecule has 0 saturated heterocycles. The van der Waals surface area contributed by atoms with Gasteiger partial charge >= 0.3 is 5.97 Å². The van der Waals surface area contributed by atoms with E-state index in [0.717, 1.165) is 0 Å². The van der Waals surface area contributed by atoms with Crippen LogP contribution < -0.4 is 11.1 Å². The zero-order chi connectivity index (χ0) is 14.7. The lowest BCUT2D eigenvalue weighted by Crippen LogP contribution is -2.43. The summed E-state index contributed by atoms with van der Waals surface area (Å²) in [6.07, 6.45) is -0.483. The fourth-order valence-corrected chi connectivity index (χ4v) is 1.76. The van der Waals surface area contributed by atoms with Gasteiger partial charge in [0.1, 0.15) is 6.04 Å². The number of H-pyrrole nitrogens is 1. The summed E-state index contributed by atoms with van der Waals surface area (Å²) in [5, 5.41) is 18.2. The summed E-state index contributed by atoms with van der Waals surface area (Å²) in [4.78, 5) is 33.7. The summed E-state index contributed by atoms with van der Waals surface area (Å²) < 4.78 is 0. The first-order valence-corrected chi connectivity index (χ1v) is 5.74. The molecule has 1 heterocycles. The fourth-order valence-electron chi connectivity index (χ4n) is 1.76. The average Bonchev–Trinajstić information content (AvgIpc) is 2.81. The lowest BCUT2D eigenvalue weighted by atomic mass is 10.1. The van der Waals surface area contributed by atoms with E-state index in [4.69, 9.17) is 10.8 Å². The molecule has 0 bridgehead atoms. The number of primary amides is 1. The maximum absolute atomic E-state index is 12.0. The van der Waals surface area contributed by atoms with Gasteiger partial charge in [0.2, 0.25) is 5.91 Å². The zero-order valence-electron chi connectivity index (χ0n) is 10.3. The first-order valence-electron chi connectivity index (χ1n) is 5.74. The maximum atomic E-state index is 12.0. The number of carbonyl (C=O) groups is 3. The Labute approximate surface area is 113 Å². The van der Waals surface area contributed by atoms with Crippen LogP contribution in [0.1, 0.15) is 16.9 Å². The van der Waals surface area contributed by atoms with Crippen LogP contribution in [0.4, 0.5) is 0 Å². The number of nitrogens with two attached hydrogens (primary N) is 1. The van der Waals surface area contributed by atoms with E-state index in [2.05, 4.69) is 15.5 Å². The number of aromatic amines is 1. The van der Waals surface area contributed by atoms with Gasteiger partial charge in [0.25, 0.3) is 5.91 Å². The van der Waals surface area contributed by atoms with Crippen molar-refractivity contribution in [3.63, 3.8) is 0 Å². The Kier molecular flexibility index (Phi) is 3.65. The molecule has 0 aliphatic rings. The van der Waals surface area contributed by atoms with Crippen LogP contribution in [0.15, 0.2) is 24.3 Å². The van der Waals surface area contributed by atoms with Crippen LogP contribution in [0.25, 0.3) is 10.9 Å². The van der Waals surface area contributed by atoms with Gasteiger partial charge in [-0.25, -0.2) is 4.79 Å². The number of carboxylic acid groups (broad SMARTS) is 1. The molecular weight excluding hydrogens is 264 g/mol. The van der Waals surface area contributed by atoms with Crippen molar-refractivity contribution >= 4 is 28.7 Å². The van der Waals surface area contributed by atoms with Crippen LogP contribution in [0.3, 0.4) is 0 Å². The molecule has 8 heteroatoms. The Hall–Kier alpha value is -2.90. The smallest absolute Gasteiger partial charge is 0.326 e. The summed E-state index contributed by atoms with van der Waals surface area (Å²) in [6.45, 7) is 0.